The van der Waals surface area contributed by atoms with E-state index in [1.54, 1.807) is 12.1 Å². The second kappa shape index (κ2) is 7.48. The van der Waals surface area contributed by atoms with Gasteiger partial charge in [0.05, 0.1) is 0 Å². The van der Waals surface area contributed by atoms with Crippen LogP contribution in [0.15, 0.2) is 36.4 Å². The molecule has 1 amide bonds. The molecule has 0 spiro atoms. The van der Waals surface area contributed by atoms with E-state index in [0.29, 0.717) is 10.3 Å². The van der Waals surface area contributed by atoms with Crippen LogP contribution in [-0.4, -0.2) is 18.0 Å². The van der Waals surface area contributed by atoms with E-state index < -0.39 is 18.0 Å². The zero-order chi connectivity index (χ0) is 19.7. The summed E-state index contributed by atoms with van der Waals surface area (Å²) in [6.45, 7) is 7.36. The monoisotopic (exact) mass is 385 g/mol. The van der Waals surface area contributed by atoms with E-state index in [-0.39, 0.29) is 5.82 Å². The number of halogens is 1. The number of fused-ring (bicyclic) bond motifs is 1. The number of esters is 1. The van der Waals surface area contributed by atoms with Crippen molar-refractivity contribution in [3.8, 4) is 0 Å². The second-order valence-corrected chi connectivity index (χ2v) is 7.69. The maximum Gasteiger partial charge on any atom is 0.349 e. The first-order chi connectivity index (χ1) is 12.7. The van der Waals surface area contributed by atoms with Crippen LogP contribution in [0.25, 0.3) is 10.1 Å². The molecule has 0 bridgehead atoms. The molecule has 1 N–H and O–H groups in total. The summed E-state index contributed by atoms with van der Waals surface area (Å²) in [6, 6.07) is 9.86. The molecule has 0 radical (unpaired) electrons. The number of carbonyl (C=O) groups is 2. The third kappa shape index (κ3) is 4.17. The van der Waals surface area contributed by atoms with Crippen molar-refractivity contribution in [2.45, 2.75) is 33.8 Å². The maximum absolute atomic E-state index is 13.3. The molecule has 0 aliphatic carbocycles. The Labute approximate surface area is 161 Å². The van der Waals surface area contributed by atoms with Gasteiger partial charge in [0.25, 0.3) is 5.91 Å². The number of aryl methyl sites for hydroxylation is 3. The summed E-state index contributed by atoms with van der Waals surface area (Å²) < 4.78 is 19.4. The van der Waals surface area contributed by atoms with Gasteiger partial charge in [-0.25, -0.2) is 9.18 Å². The lowest BCUT2D eigenvalue weighted by Gasteiger charge is -2.16. The number of thiophene rings is 1. The summed E-state index contributed by atoms with van der Waals surface area (Å²) in [7, 11) is 0. The van der Waals surface area contributed by atoms with Crippen LogP contribution in [0.1, 0.15) is 33.3 Å². The lowest BCUT2D eigenvalue weighted by molar-refractivity contribution is -0.123. The molecule has 1 aromatic heterocycles. The van der Waals surface area contributed by atoms with Crippen LogP contribution in [0.5, 0.6) is 0 Å². The van der Waals surface area contributed by atoms with E-state index >= 15 is 0 Å². The Kier molecular flexibility index (Phi) is 5.28. The molecular formula is C21H20FNO3S. The molecule has 2 aromatic carbocycles. The molecule has 3 rings (SSSR count). The number of ether oxygens (including phenoxy) is 1. The molecule has 1 heterocycles. The van der Waals surface area contributed by atoms with Crippen LogP contribution in [0, 0.1) is 26.6 Å². The Hall–Kier alpha value is -2.73. The molecular weight excluding hydrogens is 365 g/mol. The van der Waals surface area contributed by atoms with Crippen molar-refractivity contribution in [2.24, 2.45) is 0 Å². The van der Waals surface area contributed by atoms with Crippen LogP contribution >= 0.6 is 11.3 Å². The van der Waals surface area contributed by atoms with Crippen molar-refractivity contribution in [1.82, 2.24) is 0 Å². The standard InChI is InChI=1S/C21H20FNO3S/c1-11-7-12(2)19(13(3)8-11)23-20(24)14(4)26-21(25)18-10-15-9-16(22)5-6-17(15)27-18/h5-10,14H,1-4H3,(H,23,24). The van der Waals surface area contributed by atoms with E-state index in [2.05, 4.69) is 5.32 Å². The second-order valence-electron chi connectivity index (χ2n) is 6.60. The molecule has 0 aliphatic heterocycles. The van der Waals surface area contributed by atoms with Gasteiger partial charge in [0.15, 0.2) is 6.10 Å². The first-order valence-corrected chi connectivity index (χ1v) is 9.35. The number of carbonyl (C=O) groups excluding carboxylic acids is 2. The molecule has 0 saturated carbocycles. The van der Waals surface area contributed by atoms with Gasteiger partial charge < -0.3 is 10.1 Å². The average Bonchev–Trinajstić information content (AvgIpc) is 3.01. The Balaban J connectivity index is 1.71. The predicted octanol–water partition coefficient (Wildman–Crippen LogP) is 5.15. The van der Waals surface area contributed by atoms with Crippen LogP contribution in [0.3, 0.4) is 0 Å². The van der Waals surface area contributed by atoms with Crippen molar-refractivity contribution in [3.05, 3.63) is 63.8 Å². The molecule has 3 aromatic rings. The van der Waals surface area contributed by atoms with E-state index in [4.69, 9.17) is 4.74 Å². The number of benzene rings is 2. The smallest absolute Gasteiger partial charge is 0.349 e. The normalized spacial score (nSPS) is 12.0. The third-order valence-corrected chi connectivity index (χ3v) is 5.35. The highest BCUT2D eigenvalue weighted by atomic mass is 32.1. The number of rotatable bonds is 4. The molecule has 4 nitrogen and oxygen atoms in total. The Bertz CT molecular complexity index is 1020. The Morgan fingerprint density at radius 1 is 1.07 bits per heavy atom. The molecule has 0 fully saturated rings. The fourth-order valence-corrected chi connectivity index (χ4v) is 3.92. The summed E-state index contributed by atoms with van der Waals surface area (Å²) in [4.78, 5) is 25.1. The van der Waals surface area contributed by atoms with E-state index in [9.17, 15) is 14.0 Å². The third-order valence-electron chi connectivity index (χ3n) is 4.26. The fraction of sp³-hybridized carbons (Fsp3) is 0.238. The van der Waals surface area contributed by atoms with Gasteiger partial charge >= 0.3 is 5.97 Å². The molecule has 6 heteroatoms. The molecule has 1 atom stereocenters. The van der Waals surface area contributed by atoms with Gasteiger partial charge in [0.2, 0.25) is 0 Å². The fourth-order valence-electron chi connectivity index (χ4n) is 2.99. The molecule has 1 unspecified atom stereocenters. The summed E-state index contributed by atoms with van der Waals surface area (Å²) in [6.07, 6.45) is -0.959. The number of hydrogen-bond acceptors (Lipinski definition) is 4. The number of amides is 1. The van der Waals surface area contributed by atoms with Gasteiger partial charge in [0, 0.05) is 10.4 Å². The van der Waals surface area contributed by atoms with Crippen LogP contribution < -0.4 is 5.32 Å². The topological polar surface area (TPSA) is 55.4 Å². The van der Waals surface area contributed by atoms with Crippen LogP contribution in [0.4, 0.5) is 10.1 Å². The minimum absolute atomic E-state index is 0.331. The lowest BCUT2D eigenvalue weighted by Crippen LogP contribution is -2.30. The summed E-state index contributed by atoms with van der Waals surface area (Å²) in [5.41, 5.74) is 3.74. The summed E-state index contributed by atoms with van der Waals surface area (Å²) >= 11 is 1.21. The van der Waals surface area contributed by atoms with Crippen LogP contribution in [-0.2, 0) is 9.53 Å². The first kappa shape index (κ1) is 19.0. The molecule has 140 valence electrons. The highest BCUT2D eigenvalue weighted by Gasteiger charge is 2.21. The molecule has 0 aliphatic rings. The lowest BCUT2D eigenvalue weighted by atomic mass is 10.0. The zero-order valence-corrected chi connectivity index (χ0v) is 16.4. The highest BCUT2D eigenvalue weighted by Crippen LogP contribution is 2.27. The largest absolute Gasteiger partial charge is 0.448 e. The van der Waals surface area contributed by atoms with Gasteiger partial charge in [-0.2, -0.15) is 0 Å². The van der Waals surface area contributed by atoms with Crippen molar-refractivity contribution in [1.29, 1.82) is 0 Å². The minimum atomic E-state index is -0.959. The number of hydrogen-bond donors (Lipinski definition) is 1. The Morgan fingerprint density at radius 2 is 1.74 bits per heavy atom. The van der Waals surface area contributed by atoms with Crippen molar-refractivity contribution < 1.29 is 18.7 Å². The van der Waals surface area contributed by atoms with E-state index in [1.165, 1.54) is 30.4 Å². The molecule has 27 heavy (non-hydrogen) atoms. The number of nitrogens with one attached hydrogen (secondary N) is 1. The SMILES string of the molecule is Cc1cc(C)c(NC(=O)C(C)OC(=O)c2cc3cc(F)ccc3s2)c(C)c1. The highest BCUT2D eigenvalue weighted by molar-refractivity contribution is 7.20. The Morgan fingerprint density at radius 3 is 2.41 bits per heavy atom. The predicted molar refractivity (Wildman–Crippen MR) is 106 cm³/mol. The van der Waals surface area contributed by atoms with Gasteiger partial charge in [-0.15, -0.1) is 11.3 Å². The molecule has 0 saturated heterocycles. The zero-order valence-electron chi connectivity index (χ0n) is 15.6. The van der Waals surface area contributed by atoms with Crippen LogP contribution in [0.2, 0.25) is 0 Å². The summed E-state index contributed by atoms with van der Waals surface area (Å²) in [5, 5.41) is 3.47. The van der Waals surface area contributed by atoms with Crippen molar-refractivity contribution >= 4 is 39.0 Å². The van der Waals surface area contributed by atoms with Crippen molar-refractivity contribution in [3.63, 3.8) is 0 Å². The van der Waals surface area contributed by atoms with Gasteiger partial charge in [-0.1, -0.05) is 17.7 Å². The van der Waals surface area contributed by atoms with Crippen molar-refractivity contribution in [2.75, 3.05) is 5.32 Å². The quantitative estimate of drug-likeness (QED) is 0.632. The van der Waals surface area contributed by atoms with Gasteiger partial charge in [-0.05, 0) is 68.5 Å². The number of anilines is 1. The van der Waals surface area contributed by atoms with E-state index in [1.807, 2.05) is 32.9 Å². The average molecular weight is 385 g/mol. The maximum atomic E-state index is 13.3. The minimum Gasteiger partial charge on any atom is -0.448 e. The van der Waals surface area contributed by atoms with Gasteiger partial charge in [-0.3, -0.25) is 4.79 Å². The van der Waals surface area contributed by atoms with Gasteiger partial charge in [0.1, 0.15) is 10.7 Å². The first-order valence-electron chi connectivity index (χ1n) is 8.53. The van der Waals surface area contributed by atoms with E-state index in [0.717, 1.165) is 27.1 Å². The summed E-state index contributed by atoms with van der Waals surface area (Å²) in [5.74, 6) is -1.36.